The van der Waals surface area contributed by atoms with E-state index in [2.05, 4.69) is 23.3 Å². The zero-order valence-electron chi connectivity index (χ0n) is 14.5. The summed E-state index contributed by atoms with van der Waals surface area (Å²) in [6, 6.07) is 5.44. The van der Waals surface area contributed by atoms with E-state index in [0.29, 0.717) is 0 Å². The molecule has 0 bridgehead atoms. The summed E-state index contributed by atoms with van der Waals surface area (Å²) in [6.45, 7) is 0. The van der Waals surface area contributed by atoms with Crippen LogP contribution in [0.3, 0.4) is 0 Å². The van der Waals surface area contributed by atoms with Gasteiger partial charge >= 0.3 is 11.9 Å². The molecule has 27 heavy (non-hydrogen) atoms. The van der Waals surface area contributed by atoms with E-state index in [4.69, 9.17) is 15.9 Å². The average molecular weight is 397 g/mol. The van der Waals surface area contributed by atoms with Crippen LogP contribution in [0.4, 0.5) is 0 Å². The Morgan fingerprint density at radius 2 is 1.59 bits per heavy atom. The quantitative estimate of drug-likeness (QED) is 0.272. The molecule has 0 aliphatic carbocycles. The maximum absolute atomic E-state index is 12.5. The Hall–Kier alpha value is -2.59. The molecule has 1 rings (SSSR count). The van der Waals surface area contributed by atoms with Crippen molar-refractivity contribution in [2.75, 3.05) is 5.75 Å². The van der Waals surface area contributed by atoms with Crippen LogP contribution in [0.25, 0.3) is 0 Å². The van der Waals surface area contributed by atoms with Gasteiger partial charge in [0, 0.05) is 18.6 Å². The Labute approximate surface area is 161 Å². The second-order valence-electron chi connectivity index (χ2n) is 5.87. The largest absolute Gasteiger partial charge is 0.481 e. The zero-order valence-corrected chi connectivity index (χ0v) is 15.4. The van der Waals surface area contributed by atoms with E-state index in [-0.39, 0.29) is 25.0 Å². The smallest absolute Gasteiger partial charge is 0.327 e. The number of amides is 2. The zero-order chi connectivity index (χ0) is 20.4. The monoisotopic (exact) mass is 397 g/mol. The lowest BCUT2D eigenvalue weighted by Gasteiger charge is -2.22. The van der Waals surface area contributed by atoms with Crippen LogP contribution in [0.5, 0.6) is 0 Å². The lowest BCUT2D eigenvalue weighted by Crippen LogP contribution is -2.55. The maximum Gasteiger partial charge on any atom is 0.327 e. The van der Waals surface area contributed by atoms with E-state index in [1.165, 1.54) is 0 Å². The van der Waals surface area contributed by atoms with Crippen molar-refractivity contribution in [1.29, 1.82) is 0 Å². The number of benzene rings is 1. The third-order valence-corrected chi connectivity index (χ3v) is 4.08. The first kappa shape index (κ1) is 22.5. The predicted molar refractivity (Wildman–Crippen MR) is 100 cm³/mol. The molecule has 0 radical (unpaired) electrons. The minimum absolute atomic E-state index is 0.0881. The first-order valence-corrected chi connectivity index (χ1v) is 8.83. The van der Waals surface area contributed by atoms with E-state index < -0.39 is 41.9 Å². The van der Waals surface area contributed by atoms with Crippen molar-refractivity contribution in [2.24, 2.45) is 5.73 Å². The number of rotatable bonds is 11. The van der Waals surface area contributed by atoms with Gasteiger partial charge < -0.3 is 26.6 Å². The highest BCUT2D eigenvalue weighted by Crippen LogP contribution is 2.05. The van der Waals surface area contributed by atoms with Crippen LogP contribution in [0.1, 0.15) is 18.4 Å². The van der Waals surface area contributed by atoms with Gasteiger partial charge in [-0.2, -0.15) is 12.6 Å². The van der Waals surface area contributed by atoms with Crippen molar-refractivity contribution in [3.8, 4) is 0 Å². The van der Waals surface area contributed by atoms with Gasteiger partial charge in [-0.05, 0) is 12.0 Å². The van der Waals surface area contributed by atoms with E-state index >= 15 is 0 Å². The van der Waals surface area contributed by atoms with Crippen molar-refractivity contribution in [2.45, 2.75) is 37.4 Å². The molecule has 148 valence electrons. The van der Waals surface area contributed by atoms with Crippen LogP contribution < -0.4 is 16.4 Å². The lowest BCUT2D eigenvalue weighted by molar-refractivity contribution is -0.141. The van der Waals surface area contributed by atoms with Gasteiger partial charge in [-0.15, -0.1) is 0 Å². The number of carbonyl (C=O) groups is 4. The van der Waals surface area contributed by atoms with Crippen molar-refractivity contribution in [3.05, 3.63) is 35.9 Å². The normalized spacial score (nSPS) is 13.9. The number of carboxylic acid groups (broad SMARTS) is 2. The molecule has 1 aromatic carbocycles. The highest BCUT2D eigenvalue weighted by molar-refractivity contribution is 7.80. The highest BCUT2D eigenvalue weighted by atomic mass is 32.1. The molecule has 0 saturated heterocycles. The molecular weight excluding hydrogens is 374 g/mol. The van der Waals surface area contributed by atoms with Crippen molar-refractivity contribution < 1.29 is 29.4 Å². The first-order valence-electron chi connectivity index (χ1n) is 8.20. The summed E-state index contributed by atoms with van der Waals surface area (Å²) in [4.78, 5) is 46.4. The molecule has 0 aromatic heterocycles. The summed E-state index contributed by atoms with van der Waals surface area (Å²) in [5.74, 6) is -3.84. The topological polar surface area (TPSA) is 159 Å². The number of nitrogens with two attached hydrogens (primary N) is 1. The molecule has 9 nitrogen and oxygen atoms in total. The SMILES string of the molecule is N[C@@H](CCC(=O)O)C(=O)N[C@@H](Cc1ccccc1)C(=O)N[C@@H](CS)C(=O)O. The van der Waals surface area contributed by atoms with Gasteiger partial charge in [0.2, 0.25) is 11.8 Å². The Kier molecular flexibility index (Phi) is 9.31. The van der Waals surface area contributed by atoms with Crippen molar-refractivity contribution in [1.82, 2.24) is 10.6 Å². The number of nitrogens with one attached hydrogen (secondary N) is 2. The minimum Gasteiger partial charge on any atom is -0.481 e. The fraction of sp³-hybridized carbons (Fsp3) is 0.412. The molecule has 1 aromatic rings. The van der Waals surface area contributed by atoms with Crippen LogP contribution in [-0.2, 0) is 25.6 Å². The second kappa shape index (κ2) is 11.2. The van der Waals surface area contributed by atoms with Crippen LogP contribution in [0.2, 0.25) is 0 Å². The molecule has 0 unspecified atom stereocenters. The Bertz CT molecular complexity index is 670. The fourth-order valence-electron chi connectivity index (χ4n) is 2.21. The van der Waals surface area contributed by atoms with Crippen LogP contribution in [0.15, 0.2) is 30.3 Å². The molecule has 0 heterocycles. The third-order valence-electron chi connectivity index (χ3n) is 3.72. The molecule has 0 saturated carbocycles. The molecule has 3 atom stereocenters. The average Bonchev–Trinajstić information content (AvgIpc) is 2.63. The summed E-state index contributed by atoms with van der Waals surface area (Å²) in [7, 11) is 0. The van der Waals surface area contributed by atoms with Gasteiger partial charge in [0.1, 0.15) is 12.1 Å². The van der Waals surface area contributed by atoms with E-state index in [1.807, 2.05) is 0 Å². The number of hydrogen-bond donors (Lipinski definition) is 6. The van der Waals surface area contributed by atoms with Crippen LogP contribution >= 0.6 is 12.6 Å². The number of carboxylic acids is 2. The standard InChI is InChI=1S/C17H23N3O6S/c18-11(6-7-14(21)22)15(23)19-12(8-10-4-2-1-3-5-10)16(24)20-13(9-27)17(25)26/h1-5,11-13,27H,6-9,18H2,(H,19,23)(H,20,24)(H,21,22)(H,25,26)/t11-,12-,13-/m0/s1. The van der Waals surface area contributed by atoms with E-state index in [9.17, 15) is 19.2 Å². The van der Waals surface area contributed by atoms with Gasteiger partial charge in [0.25, 0.3) is 0 Å². The van der Waals surface area contributed by atoms with Gasteiger partial charge in [-0.3, -0.25) is 14.4 Å². The van der Waals surface area contributed by atoms with E-state index in [0.717, 1.165) is 5.56 Å². The summed E-state index contributed by atoms with van der Waals surface area (Å²) >= 11 is 3.89. The van der Waals surface area contributed by atoms with Crippen molar-refractivity contribution >= 4 is 36.4 Å². The van der Waals surface area contributed by atoms with Gasteiger partial charge in [-0.1, -0.05) is 30.3 Å². The number of aliphatic carboxylic acids is 2. The van der Waals surface area contributed by atoms with Gasteiger partial charge in [0.15, 0.2) is 0 Å². The lowest BCUT2D eigenvalue weighted by atomic mass is 10.0. The van der Waals surface area contributed by atoms with Gasteiger partial charge in [0.05, 0.1) is 6.04 Å². The summed E-state index contributed by atoms with van der Waals surface area (Å²) < 4.78 is 0. The molecule has 10 heteroatoms. The predicted octanol–water partition coefficient (Wildman–Crippen LogP) is -0.595. The molecule has 0 aliphatic rings. The van der Waals surface area contributed by atoms with Crippen LogP contribution in [0, 0.1) is 0 Å². The minimum atomic E-state index is -1.25. The molecule has 0 aliphatic heterocycles. The number of thiol groups is 1. The summed E-state index contributed by atoms with van der Waals surface area (Å²) in [5.41, 5.74) is 6.41. The van der Waals surface area contributed by atoms with Crippen molar-refractivity contribution in [3.63, 3.8) is 0 Å². The molecule has 0 spiro atoms. The Balaban J connectivity index is 2.86. The third kappa shape index (κ3) is 8.09. The number of hydrogen-bond acceptors (Lipinski definition) is 6. The maximum atomic E-state index is 12.5. The summed E-state index contributed by atoms with van der Waals surface area (Å²) in [6.07, 6.45) is -0.261. The first-order chi connectivity index (χ1) is 12.7. The molecule has 0 fully saturated rings. The summed E-state index contributed by atoms with van der Waals surface area (Å²) in [5, 5.41) is 22.5. The number of carbonyl (C=O) groups excluding carboxylic acids is 2. The van der Waals surface area contributed by atoms with E-state index in [1.54, 1.807) is 30.3 Å². The van der Waals surface area contributed by atoms with Gasteiger partial charge in [-0.25, -0.2) is 4.79 Å². The molecular formula is C17H23N3O6S. The molecule has 6 N–H and O–H groups in total. The van der Waals surface area contributed by atoms with Crippen LogP contribution in [-0.4, -0.2) is 57.8 Å². The second-order valence-corrected chi connectivity index (χ2v) is 6.24. The highest BCUT2D eigenvalue weighted by Gasteiger charge is 2.27. The molecule has 2 amide bonds. The Morgan fingerprint density at radius 1 is 1.00 bits per heavy atom. The fourth-order valence-corrected chi connectivity index (χ4v) is 2.45. The Morgan fingerprint density at radius 3 is 2.11 bits per heavy atom.